The molecule has 1 saturated heterocycles. The van der Waals surface area contributed by atoms with Gasteiger partial charge in [0.25, 0.3) is 0 Å². The van der Waals surface area contributed by atoms with Gasteiger partial charge in [-0.15, -0.1) is 35.3 Å². The summed E-state index contributed by atoms with van der Waals surface area (Å²) in [6.07, 6.45) is 1.81. The molecule has 0 amide bonds. The molecule has 38 heavy (non-hydrogen) atoms. The quantitative estimate of drug-likeness (QED) is 0.184. The van der Waals surface area contributed by atoms with Gasteiger partial charge in [0.2, 0.25) is 0 Å². The van der Waals surface area contributed by atoms with Crippen molar-refractivity contribution in [2.24, 2.45) is 0 Å². The van der Waals surface area contributed by atoms with Gasteiger partial charge in [-0.3, -0.25) is 0 Å². The SMILES string of the molecule is [Pt].[c-]1c(Oc2[c-]c3c(cc2)c2ccccc2n3-c2ccccn2)cccc1N1[CH-]N(c2ccccc2)CC1. The average Bonchev–Trinajstić information content (AvgIpc) is 3.58. The number of nitrogens with zero attached hydrogens (tertiary/aromatic N) is 4. The topological polar surface area (TPSA) is 33.5 Å². The van der Waals surface area contributed by atoms with Crippen LogP contribution in [0.25, 0.3) is 27.6 Å². The fraction of sp³-hybridized carbons (Fsp3) is 0.0625. The summed E-state index contributed by atoms with van der Waals surface area (Å²) in [5.41, 5.74) is 4.17. The van der Waals surface area contributed by atoms with Crippen molar-refractivity contribution in [3.8, 4) is 17.3 Å². The first-order valence-corrected chi connectivity index (χ1v) is 12.3. The Balaban J connectivity index is 0.00000264. The van der Waals surface area contributed by atoms with Crippen molar-refractivity contribution in [3.05, 3.63) is 128 Å². The molecule has 0 radical (unpaired) electrons. The molecule has 1 aliphatic heterocycles. The van der Waals surface area contributed by atoms with Gasteiger partial charge in [0.05, 0.1) is 0 Å². The molecule has 2 aromatic heterocycles. The first-order valence-electron chi connectivity index (χ1n) is 12.3. The van der Waals surface area contributed by atoms with Crippen LogP contribution in [0.1, 0.15) is 0 Å². The third-order valence-corrected chi connectivity index (χ3v) is 6.67. The van der Waals surface area contributed by atoms with Gasteiger partial charge in [-0.05, 0) is 35.7 Å². The zero-order chi connectivity index (χ0) is 24.6. The van der Waals surface area contributed by atoms with E-state index in [9.17, 15) is 0 Å². The van der Waals surface area contributed by atoms with Gasteiger partial charge in [0.1, 0.15) is 5.82 Å². The summed E-state index contributed by atoms with van der Waals surface area (Å²) in [6.45, 7) is 3.94. The molecule has 5 nitrogen and oxygen atoms in total. The van der Waals surface area contributed by atoms with E-state index in [1.807, 2.05) is 54.7 Å². The van der Waals surface area contributed by atoms with Crippen LogP contribution in [0.4, 0.5) is 11.4 Å². The number of fused-ring (bicyclic) bond motifs is 3. The second kappa shape index (κ2) is 10.4. The minimum atomic E-state index is 0. The van der Waals surface area contributed by atoms with Crippen LogP contribution in [0.3, 0.4) is 0 Å². The Morgan fingerprint density at radius 2 is 1.47 bits per heavy atom. The molecule has 190 valence electrons. The van der Waals surface area contributed by atoms with Crippen molar-refractivity contribution in [2.45, 2.75) is 0 Å². The number of hydrogen-bond acceptors (Lipinski definition) is 4. The minimum Gasteiger partial charge on any atom is -0.522 e. The van der Waals surface area contributed by atoms with Crippen LogP contribution >= 0.6 is 0 Å². The molecule has 1 fully saturated rings. The van der Waals surface area contributed by atoms with Crippen molar-refractivity contribution in [2.75, 3.05) is 22.9 Å². The van der Waals surface area contributed by atoms with Gasteiger partial charge in [-0.2, -0.15) is 24.9 Å². The molecule has 6 heteroatoms. The van der Waals surface area contributed by atoms with Gasteiger partial charge < -0.3 is 19.1 Å². The summed E-state index contributed by atoms with van der Waals surface area (Å²) in [6, 6.07) is 41.7. The molecule has 0 aliphatic carbocycles. The molecule has 6 aromatic rings. The Bertz CT molecular complexity index is 1700. The Morgan fingerprint density at radius 1 is 0.684 bits per heavy atom. The normalized spacial score (nSPS) is 13.2. The van der Waals surface area contributed by atoms with E-state index < -0.39 is 0 Å². The zero-order valence-corrected chi connectivity index (χ0v) is 22.7. The maximum absolute atomic E-state index is 6.29. The van der Waals surface area contributed by atoms with E-state index in [0.29, 0.717) is 11.5 Å². The number of ether oxygens (including phenoxy) is 1. The van der Waals surface area contributed by atoms with Crippen LogP contribution in [0.2, 0.25) is 0 Å². The Hall–Kier alpha value is -4.08. The predicted octanol–water partition coefficient (Wildman–Crippen LogP) is 7.01. The van der Waals surface area contributed by atoms with Gasteiger partial charge in [0.15, 0.2) is 0 Å². The van der Waals surface area contributed by atoms with Crippen molar-refractivity contribution in [3.63, 3.8) is 0 Å². The summed E-state index contributed by atoms with van der Waals surface area (Å²) >= 11 is 0. The largest absolute Gasteiger partial charge is 0.522 e. The van der Waals surface area contributed by atoms with E-state index in [4.69, 9.17) is 4.74 Å². The molecule has 0 saturated carbocycles. The molecule has 0 N–H and O–H groups in total. The number of rotatable bonds is 5. The minimum absolute atomic E-state index is 0. The fourth-order valence-electron chi connectivity index (χ4n) is 4.94. The monoisotopic (exact) mass is 674 g/mol. The van der Waals surface area contributed by atoms with Crippen LogP contribution in [-0.4, -0.2) is 22.6 Å². The van der Waals surface area contributed by atoms with Crippen LogP contribution in [0.5, 0.6) is 11.5 Å². The summed E-state index contributed by atoms with van der Waals surface area (Å²) < 4.78 is 8.42. The van der Waals surface area contributed by atoms with E-state index in [2.05, 4.69) is 92.7 Å². The van der Waals surface area contributed by atoms with E-state index in [-0.39, 0.29) is 21.1 Å². The maximum atomic E-state index is 6.29. The molecule has 0 atom stereocenters. The number of benzene rings is 4. The van der Waals surface area contributed by atoms with Crippen molar-refractivity contribution in [1.29, 1.82) is 0 Å². The van der Waals surface area contributed by atoms with Crippen molar-refractivity contribution < 1.29 is 25.8 Å². The predicted molar refractivity (Wildman–Crippen MR) is 148 cm³/mol. The van der Waals surface area contributed by atoms with Gasteiger partial charge >= 0.3 is 0 Å². The summed E-state index contributed by atoms with van der Waals surface area (Å²) in [7, 11) is 0. The van der Waals surface area contributed by atoms with Gasteiger partial charge in [-0.1, -0.05) is 48.0 Å². The molecular weight excluding hydrogens is 651 g/mol. The third-order valence-electron chi connectivity index (χ3n) is 6.67. The number of para-hydroxylation sites is 2. The van der Waals surface area contributed by atoms with Gasteiger partial charge in [0, 0.05) is 63.1 Å². The summed E-state index contributed by atoms with van der Waals surface area (Å²) in [5.74, 6) is 2.14. The van der Waals surface area contributed by atoms with Crippen LogP contribution in [0.15, 0.2) is 109 Å². The smallest absolute Gasteiger partial charge is 0.135 e. The average molecular weight is 675 g/mol. The molecule has 1 aliphatic rings. The standard InChI is InChI=1S/C32H23N4O.Pt/c1-2-9-24(10-3-1)34-19-20-35(23-34)25-11-8-12-26(21-25)37-27-16-17-29-28-13-4-5-14-30(28)36(31(29)22-27)32-15-6-7-18-33-32;/h1-18,23H,19-20H2;/q-3;. The summed E-state index contributed by atoms with van der Waals surface area (Å²) in [5, 5.41) is 2.27. The molecular formula is C32H23N4OPt-3. The molecule has 0 bridgehead atoms. The van der Waals surface area contributed by atoms with E-state index in [1.165, 1.54) is 5.69 Å². The van der Waals surface area contributed by atoms with Crippen LogP contribution < -0.4 is 14.5 Å². The molecule has 7 rings (SSSR count). The first-order chi connectivity index (χ1) is 18.3. The molecule has 3 heterocycles. The Morgan fingerprint density at radius 3 is 2.34 bits per heavy atom. The number of anilines is 2. The second-order valence-corrected chi connectivity index (χ2v) is 8.97. The zero-order valence-electron chi connectivity index (χ0n) is 20.4. The molecule has 0 unspecified atom stereocenters. The van der Waals surface area contributed by atoms with E-state index in [1.54, 1.807) is 0 Å². The molecule has 0 spiro atoms. The number of pyridine rings is 1. The number of hydrogen-bond donors (Lipinski definition) is 0. The maximum Gasteiger partial charge on any atom is 0.135 e. The van der Waals surface area contributed by atoms with Crippen molar-refractivity contribution >= 4 is 33.2 Å². The van der Waals surface area contributed by atoms with Crippen LogP contribution in [-0.2, 0) is 21.1 Å². The fourth-order valence-corrected chi connectivity index (χ4v) is 4.94. The first kappa shape index (κ1) is 24.3. The van der Waals surface area contributed by atoms with Gasteiger partial charge in [-0.25, -0.2) is 4.98 Å². The van der Waals surface area contributed by atoms with E-state index in [0.717, 1.165) is 46.4 Å². The Labute approximate surface area is 236 Å². The number of aromatic nitrogens is 2. The second-order valence-electron chi connectivity index (χ2n) is 8.97. The molecule has 4 aromatic carbocycles. The van der Waals surface area contributed by atoms with E-state index >= 15 is 0 Å². The van der Waals surface area contributed by atoms with Crippen molar-refractivity contribution in [1.82, 2.24) is 9.55 Å². The summed E-state index contributed by atoms with van der Waals surface area (Å²) in [4.78, 5) is 9.05. The Kier molecular flexibility index (Phi) is 6.61. The van der Waals surface area contributed by atoms with Crippen LogP contribution in [0, 0.1) is 18.8 Å². The third kappa shape index (κ3) is 4.44.